The summed E-state index contributed by atoms with van der Waals surface area (Å²) in [6, 6.07) is 8.52. The monoisotopic (exact) mass is 271 g/mol. The molecule has 1 aliphatic rings. The molecule has 1 aliphatic heterocycles. The van der Waals surface area contributed by atoms with Crippen molar-refractivity contribution in [3.8, 4) is 0 Å². The van der Waals surface area contributed by atoms with Gasteiger partial charge in [-0.15, -0.1) is 0 Å². The van der Waals surface area contributed by atoms with Crippen LogP contribution < -0.4 is 5.32 Å². The predicted molar refractivity (Wildman–Crippen MR) is 84.8 cm³/mol. The van der Waals surface area contributed by atoms with Gasteiger partial charge in [0.2, 0.25) is 0 Å². The molecular weight excluding hydrogens is 246 g/mol. The number of aromatic nitrogens is 1. The van der Waals surface area contributed by atoms with Crippen molar-refractivity contribution in [1.82, 2.24) is 15.2 Å². The Bertz CT molecular complexity index is 538. The van der Waals surface area contributed by atoms with E-state index in [0.29, 0.717) is 0 Å². The quantitative estimate of drug-likeness (QED) is 0.819. The third-order valence-electron chi connectivity index (χ3n) is 4.56. The standard InChI is InChI=1S/C17H25N3/c1-20-10-7-14(8-11-20)6-9-18-12-15-13-19-17-5-3-2-4-16(15)17/h2-5,13-14,18-19H,6-12H2,1H3. The Balaban J connectivity index is 1.44. The normalized spacial score (nSPS) is 17.9. The zero-order chi connectivity index (χ0) is 13.8. The van der Waals surface area contributed by atoms with Crippen LogP contribution in [0.15, 0.2) is 30.5 Å². The molecule has 0 amide bonds. The summed E-state index contributed by atoms with van der Waals surface area (Å²) in [6.45, 7) is 4.64. The van der Waals surface area contributed by atoms with E-state index < -0.39 is 0 Å². The summed E-state index contributed by atoms with van der Waals surface area (Å²) < 4.78 is 0. The fraction of sp³-hybridized carbons (Fsp3) is 0.529. The molecular formula is C17H25N3. The molecule has 20 heavy (non-hydrogen) atoms. The third-order valence-corrected chi connectivity index (χ3v) is 4.56. The lowest BCUT2D eigenvalue weighted by molar-refractivity contribution is 0.211. The first-order chi connectivity index (χ1) is 9.83. The van der Waals surface area contributed by atoms with E-state index in [2.05, 4.69) is 52.7 Å². The molecule has 0 aliphatic carbocycles. The van der Waals surface area contributed by atoms with Crippen molar-refractivity contribution in [3.05, 3.63) is 36.0 Å². The summed E-state index contributed by atoms with van der Waals surface area (Å²) in [5.74, 6) is 0.918. The van der Waals surface area contributed by atoms with Gasteiger partial charge in [0.05, 0.1) is 0 Å². The minimum Gasteiger partial charge on any atom is -0.361 e. The Morgan fingerprint density at radius 2 is 2.05 bits per heavy atom. The second-order valence-electron chi connectivity index (χ2n) is 6.07. The van der Waals surface area contributed by atoms with Gasteiger partial charge in [0, 0.05) is 23.6 Å². The first kappa shape index (κ1) is 13.7. The number of nitrogens with zero attached hydrogens (tertiary/aromatic N) is 1. The molecule has 2 N–H and O–H groups in total. The van der Waals surface area contributed by atoms with Gasteiger partial charge in [-0.2, -0.15) is 0 Å². The van der Waals surface area contributed by atoms with Crippen molar-refractivity contribution >= 4 is 10.9 Å². The van der Waals surface area contributed by atoms with Crippen LogP contribution in [0, 0.1) is 5.92 Å². The van der Waals surface area contributed by atoms with E-state index in [9.17, 15) is 0 Å². The number of para-hydroxylation sites is 1. The van der Waals surface area contributed by atoms with Gasteiger partial charge in [0.25, 0.3) is 0 Å². The first-order valence-electron chi connectivity index (χ1n) is 7.77. The Morgan fingerprint density at radius 3 is 2.90 bits per heavy atom. The van der Waals surface area contributed by atoms with Crippen LogP contribution in [0.3, 0.4) is 0 Å². The van der Waals surface area contributed by atoms with Crippen LogP contribution in [0.5, 0.6) is 0 Å². The number of hydrogen-bond acceptors (Lipinski definition) is 2. The molecule has 3 heteroatoms. The highest BCUT2D eigenvalue weighted by atomic mass is 15.1. The van der Waals surface area contributed by atoms with Crippen LogP contribution in [0.4, 0.5) is 0 Å². The van der Waals surface area contributed by atoms with Gasteiger partial charge in [0.15, 0.2) is 0 Å². The highest BCUT2D eigenvalue weighted by Crippen LogP contribution is 2.19. The van der Waals surface area contributed by atoms with E-state index in [1.54, 1.807) is 0 Å². The first-order valence-corrected chi connectivity index (χ1v) is 7.77. The van der Waals surface area contributed by atoms with Crippen LogP contribution in [-0.2, 0) is 6.54 Å². The SMILES string of the molecule is CN1CCC(CCNCc2c[nH]c3ccccc23)CC1. The molecule has 1 saturated heterocycles. The van der Waals surface area contributed by atoms with Gasteiger partial charge in [-0.1, -0.05) is 18.2 Å². The Morgan fingerprint density at radius 1 is 1.25 bits per heavy atom. The molecule has 0 bridgehead atoms. The van der Waals surface area contributed by atoms with Gasteiger partial charge in [0.1, 0.15) is 0 Å². The maximum atomic E-state index is 3.60. The summed E-state index contributed by atoms with van der Waals surface area (Å²) in [5, 5.41) is 4.95. The fourth-order valence-electron chi connectivity index (χ4n) is 3.16. The molecule has 0 atom stereocenters. The third kappa shape index (κ3) is 3.22. The average Bonchev–Trinajstić information content (AvgIpc) is 2.89. The van der Waals surface area contributed by atoms with E-state index in [1.807, 2.05) is 0 Å². The summed E-state index contributed by atoms with van der Waals surface area (Å²) in [4.78, 5) is 5.78. The molecule has 0 radical (unpaired) electrons. The summed E-state index contributed by atoms with van der Waals surface area (Å²) in [6.07, 6.45) is 6.18. The summed E-state index contributed by atoms with van der Waals surface area (Å²) in [5.41, 5.74) is 2.61. The molecule has 3 nitrogen and oxygen atoms in total. The summed E-state index contributed by atoms with van der Waals surface area (Å²) >= 11 is 0. The van der Waals surface area contributed by atoms with Crippen molar-refractivity contribution in [1.29, 1.82) is 0 Å². The molecule has 3 rings (SSSR count). The number of likely N-dealkylation sites (tertiary alicyclic amines) is 1. The van der Waals surface area contributed by atoms with Crippen LogP contribution in [0.2, 0.25) is 0 Å². The van der Waals surface area contributed by atoms with Crippen molar-refractivity contribution in [3.63, 3.8) is 0 Å². The molecule has 0 unspecified atom stereocenters. The van der Waals surface area contributed by atoms with E-state index in [4.69, 9.17) is 0 Å². The average molecular weight is 271 g/mol. The van der Waals surface area contributed by atoms with Gasteiger partial charge in [-0.25, -0.2) is 0 Å². The number of hydrogen-bond donors (Lipinski definition) is 2. The number of nitrogens with one attached hydrogen (secondary N) is 2. The maximum Gasteiger partial charge on any atom is 0.0457 e. The van der Waals surface area contributed by atoms with Gasteiger partial charge < -0.3 is 15.2 Å². The molecule has 108 valence electrons. The number of piperidine rings is 1. The minimum absolute atomic E-state index is 0.918. The minimum atomic E-state index is 0.918. The molecule has 0 saturated carbocycles. The number of fused-ring (bicyclic) bond motifs is 1. The largest absolute Gasteiger partial charge is 0.361 e. The number of rotatable bonds is 5. The van der Waals surface area contributed by atoms with Crippen LogP contribution in [0.1, 0.15) is 24.8 Å². The number of benzene rings is 1. The Hall–Kier alpha value is -1.32. The van der Waals surface area contributed by atoms with Crippen molar-refractivity contribution < 1.29 is 0 Å². The molecule has 0 spiro atoms. The van der Waals surface area contributed by atoms with E-state index in [1.165, 1.54) is 48.8 Å². The van der Waals surface area contributed by atoms with E-state index in [0.717, 1.165) is 19.0 Å². The van der Waals surface area contributed by atoms with Gasteiger partial charge in [-0.05, 0) is 63.5 Å². The topological polar surface area (TPSA) is 31.1 Å². The lowest BCUT2D eigenvalue weighted by Gasteiger charge is -2.28. The number of H-pyrrole nitrogens is 1. The Kier molecular flexibility index (Phi) is 4.38. The Labute approximate surface area is 121 Å². The van der Waals surface area contributed by atoms with E-state index in [-0.39, 0.29) is 0 Å². The lowest BCUT2D eigenvalue weighted by Crippen LogP contribution is -2.31. The van der Waals surface area contributed by atoms with Crippen LogP contribution in [0.25, 0.3) is 10.9 Å². The maximum absolute atomic E-state index is 3.60. The smallest absolute Gasteiger partial charge is 0.0457 e. The van der Waals surface area contributed by atoms with Gasteiger partial charge >= 0.3 is 0 Å². The van der Waals surface area contributed by atoms with Crippen molar-refractivity contribution in [2.45, 2.75) is 25.8 Å². The van der Waals surface area contributed by atoms with Gasteiger partial charge in [-0.3, -0.25) is 0 Å². The van der Waals surface area contributed by atoms with E-state index >= 15 is 0 Å². The summed E-state index contributed by atoms with van der Waals surface area (Å²) in [7, 11) is 2.23. The highest BCUT2D eigenvalue weighted by molar-refractivity contribution is 5.82. The highest BCUT2D eigenvalue weighted by Gasteiger charge is 2.15. The van der Waals surface area contributed by atoms with Crippen LogP contribution in [-0.4, -0.2) is 36.6 Å². The number of aromatic amines is 1. The van der Waals surface area contributed by atoms with Crippen LogP contribution >= 0.6 is 0 Å². The molecule has 1 aromatic carbocycles. The van der Waals surface area contributed by atoms with Crippen molar-refractivity contribution in [2.75, 3.05) is 26.7 Å². The zero-order valence-corrected chi connectivity index (χ0v) is 12.4. The second-order valence-corrected chi connectivity index (χ2v) is 6.07. The second kappa shape index (κ2) is 6.42. The lowest BCUT2D eigenvalue weighted by atomic mass is 9.94. The fourth-order valence-corrected chi connectivity index (χ4v) is 3.16. The molecule has 2 aromatic rings. The predicted octanol–water partition coefficient (Wildman–Crippen LogP) is 2.99. The molecule has 2 heterocycles. The molecule has 1 aromatic heterocycles. The zero-order valence-electron chi connectivity index (χ0n) is 12.4. The molecule has 1 fully saturated rings. The van der Waals surface area contributed by atoms with Crippen molar-refractivity contribution in [2.24, 2.45) is 5.92 Å².